The second-order valence-electron chi connectivity index (χ2n) is 1.71. The zero-order valence-electron chi connectivity index (χ0n) is 5.23. The summed E-state index contributed by atoms with van der Waals surface area (Å²) in [5.41, 5.74) is 0. The maximum atomic E-state index is 10.6. The Labute approximate surface area is 68.3 Å². The van der Waals surface area contributed by atoms with Crippen LogP contribution in [0.3, 0.4) is 0 Å². The molecule has 1 rings (SSSR count). The summed E-state index contributed by atoms with van der Waals surface area (Å²) in [5, 5.41) is 4.33. The molecule has 0 bridgehead atoms. The van der Waals surface area contributed by atoms with Crippen LogP contribution < -0.4 is 5.14 Å². The summed E-state index contributed by atoms with van der Waals surface area (Å²) in [4.78, 5) is 6.87. The third-order valence-corrected chi connectivity index (χ3v) is 1.88. The third kappa shape index (κ3) is 2.11. The lowest BCUT2D eigenvalue weighted by atomic mass is 10.7. The smallest absolute Gasteiger partial charge is 0.226 e. The van der Waals surface area contributed by atoms with Crippen molar-refractivity contribution < 1.29 is 8.42 Å². The molecule has 0 aliphatic carbocycles. The molecule has 0 radical (unpaired) electrons. The van der Waals surface area contributed by atoms with Crippen LogP contribution in [0.25, 0.3) is 0 Å². The Morgan fingerprint density at radius 1 is 1.55 bits per heavy atom. The summed E-state index contributed by atoms with van der Waals surface area (Å²) < 4.78 is 21.2. The van der Waals surface area contributed by atoms with Gasteiger partial charge in [-0.2, -0.15) is 0 Å². The van der Waals surface area contributed by atoms with E-state index >= 15 is 0 Å². The Kier molecular flexibility index (Phi) is 2.08. The van der Waals surface area contributed by atoms with Crippen LogP contribution in [0.5, 0.6) is 0 Å². The van der Waals surface area contributed by atoms with Gasteiger partial charge in [0.2, 0.25) is 5.28 Å². The van der Waals surface area contributed by atoms with E-state index in [1.165, 1.54) is 12.3 Å². The van der Waals surface area contributed by atoms with Crippen molar-refractivity contribution in [1.82, 2.24) is 9.97 Å². The molecule has 0 unspecified atom stereocenters. The predicted molar refractivity (Wildman–Crippen MR) is 38.4 cm³/mol. The van der Waals surface area contributed by atoms with Crippen LogP contribution in [-0.4, -0.2) is 18.4 Å². The van der Waals surface area contributed by atoms with Crippen molar-refractivity contribution in [2.75, 3.05) is 0 Å². The van der Waals surface area contributed by atoms with Crippen LogP contribution in [0.2, 0.25) is 5.28 Å². The number of nitrogens with zero attached hydrogens (tertiary/aromatic N) is 2. The number of hydrogen-bond acceptors (Lipinski definition) is 4. The molecule has 60 valence electrons. The van der Waals surface area contributed by atoms with E-state index < -0.39 is 10.0 Å². The van der Waals surface area contributed by atoms with Gasteiger partial charge in [0.05, 0.1) is 0 Å². The number of sulfonamides is 1. The minimum atomic E-state index is -3.76. The minimum absolute atomic E-state index is 0.142. The minimum Gasteiger partial charge on any atom is -0.226 e. The standard InChI is InChI=1S/C4H4ClN3O2S/c5-4-7-2-1-3(8-4)11(6,9)10/h1-2H,(H2,6,9,10). The molecule has 0 amide bonds. The van der Waals surface area contributed by atoms with E-state index in [9.17, 15) is 8.42 Å². The Morgan fingerprint density at radius 2 is 2.18 bits per heavy atom. The van der Waals surface area contributed by atoms with Crippen molar-refractivity contribution >= 4 is 21.6 Å². The fourth-order valence-electron chi connectivity index (χ4n) is 0.478. The number of nitrogens with two attached hydrogens (primary N) is 1. The lowest BCUT2D eigenvalue weighted by molar-refractivity contribution is 0.593. The molecule has 1 aromatic heterocycles. The fourth-order valence-corrected chi connectivity index (χ4v) is 1.14. The number of aromatic nitrogens is 2. The number of halogens is 1. The molecule has 0 aliphatic rings. The van der Waals surface area contributed by atoms with Gasteiger partial charge in [0.15, 0.2) is 5.03 Å². The molecule has 0 aliphatic heterocycles. The highest BCUT2D eigenvalue weighted by Gasteiger charge is 2.08. The van der Waals surface area contributed by atoms with Crippen molar-refractivity contribution in [3.8, 4) is 0 Å². The van der Waals surface area contributed by atoms with Gasteiger partial charge in [-0.15, -0.1) is 0 Å². The van der Waals surface area contributed by atoms with Gasteiger partial charge < -0.3 is 0 Å². The molecule has 7 heteroatoms. The van der Waals surface area contributed by atoms with Crippen LogP contribution in [0.15, 0.2) is 17.3 Å². The molecular formula is C4H4ClN3O2S. The summed E-state index contributed by atoms with van der Waals surface area (Å²) >= 11 is 5.31. The van der Waals surface area contributed by atoms with Crippen LogP contribution in [0.4, 0.5) is 0 Å². The molecule has 0 saturated carbocycles. The largest absolute Gasteiger partial charge is 0.255 e. The number of rotatable bonds is 1. The van der Waals surface area contributed by atoms with Gasteiger partial charge in [-0.3, -0.25) is 0 Å². The van der Waals surface area contributed by atoms with Crippen LogP contribution in [-0.2, 0) is 10.0 Å². The van der Waals surface area contributed by atoms with Gasteiger partial charge >= 0.3 is 0 Å². The van der Waals surface area contributed by atoms with Crippen molar-refractivity contribution in [3.05, 3.63) is 17.5 Å². The molecule has 5 nitrogen and oxygen atoms in total. The van der Waals surface area contributed by atoms with Crippen molar-refractivity contribution in [2.45, 2.75) is 5.03 Å². The molecule has 1 aromatic rings. The average Bonchev–Trinajstić information content (AvgIpc) is 1.86. The van der Waals surface area contributed by atoms with Crippen LogP contribution in [0, 0.1) is 0 Å². The maximum Gasteiger partial charge on any atom is 0.255 e. The first kappa shape index (κ1) is 8.38. The highest BCUT2D eigenvalue weighted by molar-refractivity contribution is 7.89. The molecule has 0 atom stereocenters. The summed E-state index contributed by atoms with van der Waals surface area (Å²) in [7, 11) is -3.76. The van der Waals surface area contributed by atoms with Gasteiger partial charge in [0.25, 0.3) is 10.0 Å². The summed E-state index contributed by atoms with van der Waals surface area (Å²) in [6.07, 6.45) is 1.22. The lowest BCUT2D eigenvalue weighted by Gasteiger charge is -1.94. The molecule has 0 spiro atoms. The van der Waals surface area contributed by atoms with Gasteiger partial charge in [-0.1, -0.05) is 0 Å². The first-order valence-corrected chi connectivity index (χ1v) is 4.44. The zero-order chi connectivity index (χ0) is 8.48. The van der Waals surface area contributed by atoms with Crippen molar-refractivity contribution in [2.24, 2.45) is 5.14 Å². The molecule has 11 heavy (non-hydrogen) atoms. The Balaban J connectivity index is 3.28. The molecule has 2 N–H and O–H groups in total. The van der Waals surface area contributed by atoms with E-state index in [-0.39, 0.29) is 10.3 Å². The van der Waals surface area contributed by atoms with E-state index in [1.54, 1.807) is 0 Å². The Hall–Kier alpha value is -0.720. The molecule has 1 heterocycles. The SMILES string of the molecule is NS(=O)(=O)c1ccnc(Cl)n1. The zero-order valence-corrected chi connectivity index (χ0v) is 6.80. The van der Waals surface area contributed by atoms with Gasteiger partial charge in [-0.25, -0.2) is 23.5 Å². The monoisotopic (exact) mass is 193 g/mol. The Morgan fingerprint density at radius 3 is 2.55 bits per heavy atom. The van der Waals surface area contributed by atoms with E-state index in [4.69, 9.17) is 16.7 Å². The van der Waals surface area contributed by atoms with Gasteiger partial charge in [-0.05, 0) is 17.7 Å². The second-order valence-corrected chi connectivity index (χ2v) is 3.56. The van der Waals surface area contributed by atoms with Crippen LogP contribution >= 0.6 is 11.6 Å². The number of primary sulfonamides is 1. The third-order valence-electron chi connectivity index (χ3n) is 0.892. The quantitative estimate of drug-likeness (QED) is 0.494. The van der Waals surface area contributed by atoms with Crippen molar-refractivity contribution in [3.63, 3.8) is 0 Å². The average molecular weight is 194 g/mol. The predicted octanol–water partition coefficient (Wildman–Crippen LogP) is -0.223. The number of hydrogen-bond donors (Lipinski definition) is 1. The lowest BCUT2D eigenvalue weighted by Crippen LogP contribution is -2.14. The summed E-state index contributed by atoms with van der Waals surface area (Å²) in [5.74, 6) is 0. The summed E-state index contributed by atoms with van der Waals surface area (Å²) in [6.45, 7) is 0. The van der Waals surface area contributed by atoms with Gasteiger partial charge in [0, 0.05) is 6.20 Å². The fraction of sp³-hybridized carbons (Fsp3) is 0. The van der Waals surface area contributed by atoms with Gasteiger partial charge in [0.1, 0.15) is 0 Å². The van der Waals surface area contributed by atoms with Crippen LogP contribution in [0.1, 0.15) is 0 Å². The molecule has 0 aromatic carbocycles. The van der Waals surface area contributed by atoms with Crippen molar-refractivity contribution in [1.29, 1.82) is 0 Å². The molecular weight excluding hydrogens is 190 g/mol. The Bertz CT molecular complexity index is 363. The van der Waals surface area contributed by atoms with E-state index in [0.717, 1.165) is 0 Å². The summed E-state index contributed by atoms with van der Waals surface area (Å²) in [6, 6.07) is 1.17. The van der Waals surface area contributed by atoms with E-state index in [0.29, 0.717) is 0 Å². The maximum absolute atomic E-state index is 10.6. The topological polar surface area (TPSA) is 85.9 Å². The molecule has 0 fully saturated rings. The normalized spacial score (nSPS) is 11.5. The highest BCUT2D eigenvalue weighted by Crippen LogP contribution is 2.04. The van der Waals surface area contributed by atoms with E-state index in [2.05, 4.69) is 9.97 Å². The first-order valence-electron chi connectivity index (χ1n) is 2.51. The second kappa shape index (κ2) is 2.72. The molecule has 0 saturated heterocycles. The highest BCUT2D eigenvalue weighted by atomic mass is 35.5. The van der Waals surface area contributed by atoms with E-state index in [1.807, 2.05) is 0 Å². The first-order chi connectivity index (χ1) is 5.00.